The van der Waals surface area contributed by atoms with Crippen molar-refractivity contribution < 1.29 is 9.59 Å². The number of nitrogens with one attached hydrogen (secondary N) is 1. The van der Waals surface area contributed by atoms with Crippen molar-refractivity contribution in [1.29, 1.82) is 0 Å². The zero-order valence-corrected chi connectivity index (χ0v) is 7.33. The first-order valence-corrected chi connectivity index (χ1v) is 2.60. The Balaban J connectivity index is -0.0000000166. The Morgan fingerprint density at radius 2 is 1.07 bits per heavy atom. The van der Waals surface area contributed by atoms with Gasteiger partial charge >= 0.3 is 12.1 Å². The predicted octanol–water partition coefficient (Wildman–Crippen LogP) is -0.683. The van der Waals surface area contributed by atoms with Crippen molar-refractivity contribution in [1.82, 2.24) is 11.5 Å². The van der Waals surface area contributed by atoms with Crippen LogP contribution in [0.1, 0.15) is 14.9 Å². The highest BCUT2D eigenvalue weighted by atomic mass is 16.2. The molecule has 0 saturated heterocycles. The second-order valence-corrected chi connectivity index (χ2v) is 1.02. The molecular formula is C6H26N6O2. The van der Waals surface area contributed by atoms with Crippen LogP contribution in [-0.4, -0.2) is 26.2 Å². The van der Waals surface area contributed by atoms with E-state index in [9.17, 15) is 4.79 Å². The molecule has 0 heterocycles. The van der Waals surface area contributed by atoms with Crippen LogP contribution in [0, 0.1) is 0 Å². The topological polar surface area (TPSA) is 185 Å². The van der Waals surface area contributed by atoms with E-state index in [1.165, 1.54) is 14.1 Å². The molecule has 4 amide bonds. The molecular weight excluding hydrogens is 188 g/mol. The van der Waals surface area contributed by atoms with Crippen molar-refractivity contribution in [3.63, 3.8) is 0 Å². The Hall–Kier alpha value is -1.54. The van der Waals surface area contributed by atoms with Gasteiger partial charge in [0.1, 0.15) is 0 Å². The summed E-state index contributed by atoms with van der Waals surface area (Å²) in [5, 5.41) is 2.17. The van der Waals surface area contributed by atoms with E-state index >= 15 is 0 Å². The molecule has 14 heavy (non-hydrogen) atoms. The van der Waals surface area contributed by atoms with Crippen LogP contribution in [0.5, 0.6) is 0 Å². The number of carbonyl (C=O) groups is 2. The number of carbonyl (C=O) groups excluding carboxylic acids is 2. The van der Waals surface area contributed by atoms with Gasteiger partial charge in [-0.05, 0) is 7.05 Å². The number of primary amides is 3. The maximum atomic E-state index is 9.48. The summed E-state index contributed by atoms with van der Waals surface area (Å²) in [5.74, 6) is 0. The first-order chi connectivity index (χ1) is 5.00. The second kappa shape index (κ2) is 42.1. The average Bonchev–Trinajstić information content (AvgIpc) is 1.91. The van der Waals surface area contributed by atoms with Crippen LogP contribution in [0.15, 0.2) is 0 Å². The summed E-state index contributed by atoms with van der Waals surface area (Å²) < 4.78 is 0. The monoisotopic (exact) mass is 214 g/mol. The summed E-state index contributed by atoms with van der Waals surface area (Å²) in [5.41, 5.74) is 17.5. The first-order valence-electron chi connectivity index (χ1n) is 2.60. The molecule has 0 aromatic rings. The lowest BCUT2D eigenvalue weighted by molar-refractivity contribution is 0.250. The highest BCUT2D eigenvalue weighted by Gasteiger charge is 1.72. The van der Waals surface area contributed by atoms with Gasteiger partial charge in [-0.15, -0.1) is 0 Å². The number of rotatable bonds is 0. The van der Waals surface area contributed by atoms with Crippen LogP contribution in [-0.2, 0) is 0 Å². The van der Waals surface area contributed by atoms with Gasteiger partial charge in [0.2, 0.25) is 0 Å². The number of nitrogens with two attached hydrogens (primary N) is 4. The zero-order valence-electron chi connectivity index (χ0n) is 7.33. The minimum Gasteiger partial charge on any atom is -0.352 e. The smallest absolute Gasteiger partial charge is 0.311 e. The molecule has 92 valence electrons. The lowest BCUT2D eigenvalue weighted by atomic mass is 11.1. The predicted molar refractivity (Wildman–Crippen MR) is 61.0 cm³/mol. The van der Waals surface area contributed by atoms with Crippen LogP contribution >= 0.6 is 0 Å². The highest BCUT2D eigenvalue weighted by molar-refractivity contribution is 5.71. The molecule has 0 spiro atoms. The maximum absolute atomic E-state index is 9.48. The fourth-order valence-corrected chi connectivity index (χ4v) is 0. The number of hydrogen-bond donors (Lipinski definition) is 6. The summed E-state index contributed by atoms with van der Waals surface area (Å²) in [6.07, 6.45) is 0. The molecule has 0 aliphatic rings. The van der Waals surface area contributed by atoms with Crippen LogP contribution < -0.4 is 34.4 Å². The van der Waals surface area contributed by atoms with Crippen LogP contribution in [0.4, 0.5) is 9.59 Å². The van der Waals surface area contributed by atoms with Crippen molar-refractivity contribution in [2.45, 2.75) is 14.9 Å². The van der Waals surface area contributed by atoms with Gasteiger partial charge in [0.15, 0.2) is 0 Å². The Morgan fingerprint density at radius 3 is 1.07 bits per heavy atom. The van der Waals surface area contributed by atoms with Gasteiger partial charge in [-0.2, -0.15) is 0 Å². The quantitative estimate of drug-likeness (QED) is 0.312. The Bertz CT molecular complexity index is 104. The highest BCUT2D eigenvalue weighted by Crippen LogP contribution is 1.38. The average molecular weight is 214 g/mol. The third kappa shape index (κ3) is 4420. The SMILES string of the molecule is C.C.CN.CNC(N)=O.N.NC(N)=O. The number of amides is 4. The maximum Gasteiger partial charge on any atom is 0.311 e. The summed E-state index contributed by atoms with van der Waals surface area (Å²) in [7, 11) is 2.97. The molecule has 0 atom stereocenters. The van der Waals surface area contributed by atoms with E-state index in [1.807, 2.05) is 0 Å². The van der Waals surface area contributed by atoms with Crippen LogP contribution in [0.2, 0.25) is 0 Å². The molecule has 0 aromatic carbocycles. The summed E-state index contributed by atoms with van der Waals surface area (Å²) in [4.78, 5) is 18.5. The van der Waals surface area contributed by atoms with Gasteiger partial charge < -0.3 is 34.4 Å². The van der Waals surface area contributed by atoms with Gasteiger partial charge in [0, 0.05) is 7.05 Å². The van der Waals surface area contributed by atoms with Crippen molar-refractivity contribution in [3.05, 3.63) is 0 Å². The summed E-state index contributed by atoms with van der Waals surface area (Å²) >= 11 is 0. The van der Waals surface area contributed by atoms with Gasteiger partial charge in [-0.3, -0.25) is 0 Å². The van der Waals surface area contributed by atoms with Gasteiger partial charge in [0.25, 0.3) is 0 Å². The fourth-order valence-electron chi connectivity index (χ4n) is 0. The zero-order chi connectivity index (χ0) is 9.86. The summed E-state index contributed by atoms with van der Waals surface area (Å²) in [6.45, 7) is 0. The second-order valence-electron chi connectivity index (χ2n) is 1.02. The van der Waals surface area contributed by atoms with Gasteiger partial charge in [-0.25, -0.2) is 9.59 Å². The van der Waals surface area contributed by atoms with E-state index in [0.717, 1.165) is 0 Å². The van der Waals surface area contributed by atoms with E-state index in [0.29, 0.717) is 0 Å². The van der Waals surface area contributed by atoms with E-state index in [4.69, 9.17) is 4.79 Å². The lowest BCUT2D eigenvalue weighted by Crippen LogP contribution is -2.24. The van der Waals surface area contributed by atoms with E-state index in [-0.39, 0.29) is 21.0 Å². The Morgan fingerprint density at radius 1 is 1.00 bits per heavy atom. The molecule has 0 aromatic heterocycles. The minimum atomic E-state index is -0.833. The minimum absolute atomic E-state index is 0. The molecule has 8 heteroatoms. The number of hydrogen-bond acceptors (Lipinski definition) is 4. The van der Waals surface area contributed by atoms with Crippen LogP contribution in [0.3, 0.4) is 0 Å². The first kappa shape index (κ1) is 39.2. The lowest BCUT2D eigenvalue weighted by Gasteiger charge is -1.80. The Labute approximate surface area is 86.0 Å². The molecule has 8 nitrogen and oxygen atoms in total. The third-order valence-corrected chi connectivity index (χ3v) is 0.246. The van der Waals surface area contributed by atoms with Crippen molar-refractivity contribution in [3.8, 4) is 0 Å². The molecule has 0 aliphatic heterocycles. The number of urea groups is 2. The van der Waals surface area contributed by atoms with Gasteiger partial charge in [-0.1, -0.05) is 14.9 Å². The molecule has 12 N–H and O–H groups in total. The molecule has 0 saturated carbocycles. The van der Waals surface area contributed by atoms with E-state index < -0.39 is 12.1 Å². The molecule has 0 radical (unpaired) electrons. The standard InChI is InChI=1S/C2H6N2O.CH4N2O.CH5N.2CH4.H3N/c1-4-2(3)5;2-1(3)4;1-2;;;/h1H3,(H3,3,4,5);(H4,2,3,4);2H2,1H3;2*1H4;1H3. The Kier molecular flexibility index (Phi) is 118. The van der Waals surface area contributed by atoms with Crippen LogP contribution in [0.25, 0.3) is 0 Å². The third-order valence-electron chi connectivity index (χ3n) is 0.246. The van der Waals surface area contributed by atoms with E-state index in [1.54, 1.807) is 0 Å². The van der Waals surface area contributed by atoms with E-state index in [2.05, 4.69) is 28.3 Å². The molecule has 0 aliphatic carbocycles. The normalized spacial score (nSPS) is 4.50. The molecule has 0 rings (SSSR count). The molecule has 0 bridgehead atoms. The van der Waals surface area contributed by atoms with Gasteiger partial charge in [0.05, 0.1) is 0 Å². The largest absolute Gasteiger partial charge is 0.352 e. The van der Waals surface area contributed by atoms with Crippen molar-refractivity contribution in [2.75, 3.05) is 14.1 Å². The fraction of sp³-hybridized carbons (Fsp3) is 0.667. The molecule has 0 unspecified atom stereocenters. The summed E-state index contributed by atoms with van der Waals surface area (Å²) in [6, 6.07) is -1.33. The van der Waals surface area contributed by atoms with Crippen molar-refractivity contribution in [2.24, 2.45) is 22.9 Å². The van der Waals surface area contributed by atoms with Crippen molar-refractivity contribution >= 4 is 12.1 Å². The molecule has 0 fully saturated rings.